The second kappa shape index (κ2) is 7.60. The van der Waals surface area contributed by atoms with Gasteiger partial charge in [0.05, 0.1) is 0 Å². The Morgan fingerprint density at radius 2 is 1.23 bits per heavy atom. The van der Waals surface area contributed by atoms with E-state index in [9.17, 15) is 0 Å². The van der Waals surface area contributed by atoms with Gasteiger partial charge in [0.25, 0.3) is 0 Å². The molecule has 0 aliphatic heterocycles. The minimum Gasteiger partial charge on any atom is -0.0879 e. The molecule has 69 valence electrons. The molecule has 0 saturated carbocycles. The molecule has 0 bridgehead atoms. The molecule has 0 amide bonds. The summed E-state index contributed by atoms with van der Waals surface area (Å²) >= 11 is 0. The van der Waals surface area contributed by atoms with E-state index in [1.165, 1.54) is 19.3 Å². The lowest BCUT2D eigenvalue weighted by Gasteiger charge is -1.88. The highest BCUT2D eigenvalue weighted by molar-refractivity contribution is 5.11. The first kappa shape index (κ1) is 10.0. The van der Waals surface area contributed by atoms with Gasteiger partial charge >= 0.3 is 0 Å². The molecule has 1 rings (SSSR count). The number of rotatable bonds is 0. The summed E-state index contributed by atoms with van der Waals surface area (Å²) in [5.74, 6) is 0. The third-order valence-electron chi connectivity index (χ3n) is 1.89. The number of hydrogen-bond acceptors (Lipinski definition) is 0. The van der Waals surface area contributed by atoms with Gasteiger partial charge in [-0.3, -0.25) is 0 Å². The van der Waals surface area contributed by atoms with Crippen LogP contribution in [0.2, 0.25) is 0 Å². The largest absolute Gasteiger partial charge is 0.0879 e. The standard InChI is InChI=1S/C13H17/c1-2-4-6-8-10-12-13-11-9-7-5-3-1/h1-5,8,10,12-13H,6-7,9,11H2/b4-2+,5-3+,10-8+,13-12+. The molecule has 0 heteroatoms. The molecule has 13 heavy (non-hydrogen) atoms. The van der Waals surface area contributed by atoms with Crippen molar-refractivity contribution in [3.63, 3.8) is 0 Å². The maximum atomic E-state index is 2.23. The van der Waals surface area contributed by atoms with Gasteiger partial charge < -0.3 is 0 Å². The summed E-state index contributed by atoms with van der Waals surface area (Å²) in [7, 11) is 0. The first-order chi connectivity index (χ1) is 6.50. The Labute approximate surface area is 81.4 Å². The van der Waals surface area contributed by atoms with E-state index in [-0.39, 0.29) is 0 Å². The van der Waals surface area contributed by atoms with E-state index < -0.39 is 0 Å². The molecule has 0 atom stereocenters. The molecule has 0 aromatic heterocycles. The molecule has 0 aromatic carbocycles. The topological polar surface area (TPSA) is 0 Å². The monoisotopic (exact) mass is 173 g/mol. The van der Waals surface area contributed by atoms with Crippen molar-refractivity contribution in [2.75, 3.05) is 0 Å². The van der Waals surface area contributed by atoms with Crippen LogP contribution in [0.25, 0.3) is 0 Å². The van der Waals surface area contributed by atoms with Crippen LogP contribution in [0.3, 0.4) is 0 Å². The maximum Gasteiger partial charge on any atom is 0.00442 e. The van der Waals surface area contributed by atoms with Crippen LogP contribution in [0.15, 0.2) is 48.6 Å². The van der Waals surface area contributed by atoms with Crippen LogP contribution < -0.4 is 0 Å². The predicted molar refractivity (Wildman–Crippen MR) is 59.3 cm³/mol. The molecule has 1 aliphatic rings. The second-order valence-electron chi connectivity index (χ2n) is 3.07. The fraction of sp³-hybridized carbons (Fsp3) is 0.308. The molecule has 0 spiro atoms. The Morgan fingerprint density at radius 1 is 0.615 bits per heavy atom. The van der Waals surface area contributed by atoms with E-state index in [0.717, 1.165) is 6.42 Å². The molecule has 0 nitrogen and oxygen atoms in total. The molecule has 0 aromatic rings. The molecular weight excluding hydrogens is 156 g/mol. The highest BCUT2D eigenvalue weighted by Gasteiger charge is 1.80. The van der Waals surface area contributed by atoms with Gasteiger partial charge in [-0.2, -0.15) is 0 Å². The van der Waals surface area contributed by atoms with Crippen molar-refractivity contribution >= 4 is 0 Å². The lowest BCUT2D eigenvalue weighted by atomic mass is 10.2. The van der Waals surface area contributed by atoms with E-state index in [0.29, 0.717) is 0 Å². The Bertz CT molecular complexity index is 216. The third kappa shape index (κ3) is 6.15. The molecule has 0 heterocycles. The van der Waals surface area contributed by atoms with E-state index in [1.807, 2.05) is 0 Å². The van der Waals surface area contributed by atoms with Crippen LogP contribution in [0.5, 0.6) is 0 Å². The van der Waals surface area contributed by atoms with Crippen LogP contribution in [0, 0.1) is 6.42 Å². The quantitative estimate of drug-likeness (QED) is 0.519. The highest BCUT2D eigenvalue weighted by atomic mass is 13.9. The summed E-state index contributed by atoms with van der Waals surface area (Å²) in [6, 6.07) is 0. The zero-order valence-corrected chi connectivity index (χ0v) is 8.02. The molecule has 0 saturated heterocycles. The first-order valence-corrected chi connectivity index (χ1v) is 4.97. The van der Waals surface area contributed by atoms with Gasteiger partial charge in [0, 0.05) is 6.42 Å². The predicted octanol–water partition coefficient (Wildman–Crippen LogP) is 3.99. The molecule has 0 N–H and O–H groups in total. The zero-order chi connectivity index (χ0) is 9.19. The number of allylic oxidation sites excluding steroid dienone is 8. The summed E-state index contributed by atoms with van der Waals surface area (Å²) in [6.07, 6.45) is 24.0. The van der Waals surface area contributed by atoms with Crippen LogP contribution in [-0.4, -0.2) is 0 Å². The van der Waals surface area contributed by atoms with Crippen LogP contribution in [-0.2, 0) is 0 Å². The lowest BCUT2D eigenvalue weighted by molar-refractivity contribution is 0.868. The molecule has 0 unspecified atom stereocenters. The molecular formula is C13H17. The van der Waals surface area contributed by atoms with Crippen molar-refractivity contribution in [2.45, 2.75) is 25.7 Å². The fourth-order valence-electron chi connectivity index (χ4n) is 1.16. The van der Waals surface area contributed by atoms with Crippen molar-refractivity contribution < 1.29 is 0 Å². The summed E-state index contributed by atoms with van der Waals surface area (Å²) < 4.78 is 0. The van der Waals surface area contributed by atoms with Crippen molar-refractivity contribution in [1.82, 2.24) is 0 Å². The van der Waals surface area contributed by atoms with Gasteiger partial charge in [-0.05, 0) is 25.7 Å². The molecule has 0 fully saturated rings. The Kier molecular flexibility index (Phi) is 5.87. The van der Waals surface area contributed by atoms with Crippen LogP contribution in [0.1, 0.15) is 25.7 Å². The molecule has 1 radical (unpaired) electrons. The summed E-state index contributed by atoms with van der Waals surface area (Å²) in [5.41, 5.74) is 0. The first-order valence-electron chi connectivity index (χ1n) is 4.97. The summed E-state index contributed by atoms with van der Waals surface area (Å²) in [4.78, 5) is 0. The fourth-order valence-corrected chi connectivity index (χ4v) is 1.16. The van der Waals surface area contributed by atoms with Crippen molar-refractivity contribution in [2.24, 2.45) is 0 Å². The Morgan fingerprint density at radius 3 is 2.15 bits per heavy atom. The van der Waals surface area contributed by atoms with Crippen molar-refractivity contribution in [1.29, 1.82) is 0 Å². The van der Waals surface area contributed by atoms with E-state index >= 15 is 0 Å². The summed E-state index contributed by atoms with van der Waals surface area (Å²) in [6.45, 7) is 0. The Hall–Kier alpha value is -1.04. The second-order valence-corrected chi connectivity index (χ2v) is 3.07. The average Bonchev–Trinajstić information content (AvgIpc) is 2.18. The smallest absolute Gasteiger partial charge is 0.00442 e. The van der Waals surface area contributed by atoms with E-state index in [1.54, 1.807) is 0 Å². The average molecular weight is 173 g/mol. The lowest BCUT2D eigenvalue weighted by Crippen LogP contribution is -1.68. The van der Waals surface area contributed by atoms with Gasteiger partial charge in [-0.1, -0.05) is 48.6 Å². The number of hydrogen-bond donors (Lipinski definition) is 0. The Balaban J connectivity index is 2.38. The van der Waals surface area contributed by atoms with Gasteiger partial charge in [-0.15, -0.1) is 0 Å². The van der Waals surface area contributed by atoms with Gasteiger partial charge in [0.15, 0.2) is 0 Å². The SMILES string of the molecule is [CH]1/C=C/C/C=C/C=C/CCC/C=C/1. The third-order valence-corrected chi connectivity index (χ3v) is 1.89. The maximum absolute atomic E-state index is 2.23. The molecule has 1 aliphatic carbocycles. The zero-order valence-electron chi connectivity index (χ0n) is 8.02. The van der Waals surface area contributed by atoms with Crippen LogP contribution in [0.4, 0.5) is 0 Å². The van der Waals surface area contributed by atoms with Gasteiger partial charge in [0.2, 0.25) is 0 Å². The van der Waals surface area contributed by atoms with E-state index in [2.05, 4.69) is 55.0 Å². The van der Waals surface area contributed by atoms with Crippen molar-refractivity contribution in [3.8, 4) is 0 Å². The minimum absolute atomic E-state index is 1.02. The minimum atomic E-state index is 1.02. The normalized spacial score (nSPS) is 28.9. The van der Waals surface area contributed by atoms with Crippen LogP contribution >= 0.6 is 0 Å². The van der Waals surface area contributed by atoms with E-state index in [4.69, 9.17) is 0 Å². The van der Waals surface area contributed by atoms with Gasteiger partial charge in [-0.25, -0.2) is 0 Å². The summed E-state index contributed by atoms with van der Waals surface area (Å²) in [5, 5.41) is 0. The highest BCUT2D eigenvalue weighted by Crippen LogP contribution is 2.00. The van der Waals surface area contributed by atoms with Gasteiger partial charge in [0.1, 0.15) is 0 Å². The van der Waals surface area contributed by atoms with Crippen molar-refractivity contribution in [3.05, 3.63) is 55.0 Å².